The van der Waals surface area contributed by atoms with Crippen LogP contribution in [0.5, 0.6) is 0 Å². The third kappa shape index (κ3) is 3.91. The zero-order valence-electron chi connectivity index (χ0n) is 18.4. The molecule has 0 radical (unpaired) electrons. The summed E-state index contributed by atoms with van der Waals surface area (Å²) in [7, 11) is 0. The molecule has 0 unspecified atom stereocenters. The summed E-state index contributed by atoms with van der Waals surface area (Å²) in [4.78, 5) is 14.7. The van der Waals surface area contributed by atoms with Gasteiger partial charge in [-0.1, -0.05) is 94.8 Å². The van der Waals surface area contributed by atoms with Crippen LogP contribution in [0.1, 0.15) is 0 Å². The highest BCUT2D eigenvalue weighted by atomic mass is 79.9. The van der Waals surface area contributed by atoms with Crippen molar-refractivity contribution in [1.82, 2.24) is 19.5 Å². The van der Waals surface area contributed by atoms with Gasteiger partial charge in [0.2, 0.25) is 5.95 Å². The van der Waals surface area contributed by atoms with Crippen LogP contribution < -0.4 is 0 Å². The Morgan fingerprint density at radius 3 is 1.71 bits per heavy atom. The van der Waals surface area contributed by atoms with Crippen LogP contribution in [0.2, 0.25) is 0 Å². The van der Waals surface area contributed by atoms with Crippen LogP contribution in [0.3, 0.4) is 0 Å². The number of nitrogens with zero attached hydrogens (tertiary/aromatic N) is 4. The smallest absolute Gasteiger partial charge is 0.238 e. The molecular weight excluding hydrogens is 484 g/mol. The normalized spacial score (nSPS) is 10.7. The van der Waals surface area contributed by atoms with Crippen molar-refractivity contribution in [2.24, 2.45) is 0 Å². The molecule has 4 aromatic carbocycles. The van der Waals surface area contributed by atoms with Crippen LogP contribution in [0.15, 0.2) is 121 Å². The van der Waals surface area contributed by atoms with E-state index in [9.17, 15) is 0 Å². The highest BCUT2D eigenvalue weighted by Gasteiger charge is 2.17. The second-order valence-electron chi connectivity index (χ2n) is 7.53. The van der Waals surface area contributed by atoms with Gasteiger partial charge in [-0.2, -0.15) is 9.97 Å². The summed E-state index contributed by atoms with van der Waals surface area (Å²) in [5.41, 5.74) is 4.03. The largest absolute Gasteiger partial charge is 0.278 e. The summed E-state index contributed by atoms with van der Waals surface area (Å²) >= 11 is 3.62. The molecule has 34 heavy (non-hydrogen) atoms. The van der Waals surface area contributed by atoms with E-state index in [1.54, 1.807) is 0 Å². The minimum atomic E-state index is 0.603. The molecule has 5 heteroatoms. The lowest BCUT2D eigenvalue weighted by Gasteiger charge is -2.10. The molecule has 164 valence electrons. The third-order valence-electron chi connectivity index (χ3n) is 5.52. The van der Waals surface area contributed by atoms with Crippen molar-refractivity contribution >= 4 is 37.7 Å². The number of hydrogen-bond acceptors (Lipinski definition) is 3. The SMILES string of the molecule is Brc1ccc2c(c1)c1ccccc1n2-c1nc(-c2ccccc2)nc(-c2ccccc2)n1.C=C. The first-order valence-electron chi connectivity index (χ1n) is 10.8. The van der Waals surface area contributed by atoms with Gasteiger partial charge in [0.15, 0.2) is 11.6 Å². The van der Waals surface area contributed by atoms with Crippen molar-refractivity contribution in [3.05, 3.63) is 121 Å². The van der Waals surface area contributed by atoms with Gasteiger partial charge >= 0.3 is 0 Å². The van der Waals surface area contributed by atoms with Crippen molar-refractivity contribution in [3.8, 4) is 28.7 Å². The van der Waals surface area contributed by atoms with E-state index in [0.717, 1.165) is 37.4 Å². The quantitative estimate of drug-likeness (QED) is 0.230. The number of rotatable bonds is 3. The first kappa shape index (κ1) is 21.7. The molecule has 0 saturated carbocycles. The summed E-state index contributed by atoms with van der Waals surface area (Å²) in [6, 6.07) is 34.7. The molecule has 0 bridgehead atoms. The number of fused-ring (bicyclic) bond motifs is 3. The molecule has 0 fully saturated rings. The van der Waals surface area contributed by atoms with Gasteiger partial charge in [-0.05, 0) is 24.3 Å². The van der Waals surface area contributed by atoms with Gasteiger partial charge in [-0.15, -0.1) is 13.2 Å². The molecule has 0 spiro atoms. The number of aromatic nitrogens is 4. The predicted octanol–water partition coefficient (Wildman–Crippen LogP) is 7.87. The molecule has 6 aromatic rings. The molecule has 0 aliphatic rings. The Balaban J connectivity index is 0.00000117. The summed E-state index contributed by atoms with van der Waals surface area (Å²) in [5, 5.41) is 2.31. The summed E-state index contributed by atoms with van der Waals surface area (Å²) in [5.74, 6) is 1.90. The topological polar surface area (TPSA) is 43.6 Å². The maximum atomic E-state index is 4.92. The maximum absolute atomic E-state index is 4.92. The fourth-order valence-corrected chi connectivity index (χ4v) is 4.42. The van der Waals surface area contributed by atoms with Crippen LogP contribution in [0.25, 0.3) is 50.5 Å². The lowest BCUT2D eigenvalue weighted by molar-refractivity contribution is 0.953. The average molecular weight is 505 g/mol. The maximum Gasteiger partial charge on any atom is 0.238 e. The van der Waals surface area contributed by atoms with E-state index >= 15 is 0 Å². The number of halogens is 1. The van der Waals surface area contributed by atoms with Crippen molar-refractivity contribution in [3.63, 3.8) is 0 Å². The van der Waals surface area contributed by atoms with Crippen molar-refractivity contribution in [1.29, 1.82) is 0 Å². The van der Waals surface area contributed by atoms with E-state index in [1.807, 2.05) is 66.7 Å². The van der Waals surface area contributed by atoms with Crippen LogP contribution in [-0.4, -0.2) is 19.5 Å². The molecule has 0 aliphatic heterocycles. The van der Waals surface area contributed by atoms with E-state index in [2.05, 4.69) is 70.1 Å². The Bertz CT molecular complexity index is 1530. The van der Waals surface area contributed by atoms with Gasteiger partial charge in [0, 0.05) is 26.4 Å². The minimum Gasteiger partial charge on any atom is -0.278 e. The monoisotopic (exact) mass is 504 g/mol. The van der Waals surface area contributed by atoms with Crippen LogP contribution >= 0.6 is 15.9 Å². The second-order valence-corrected chi connectivity index (χ2v) is 8.44. The Hall–Kier alpha value is -4.09. The zero-order valence-corrected chi connectivity index (χ0v) is 20.0. The van der Waals surface area contributed by atoms with E-state index < -0.39 is 0 Å². The Kier molecular flexibility index (Phi) is 6.02. The van der Waals surface area contributed by atoms with Gasteiger partial charge in [0.1, 0.15) is 0 Å². The van der Waals surface area contributed by atoms with E-state index in [4.69, 9.17) is 15.0 Å². The minimum absolute atomic E-state index is 0.603. The Labute approximate surface area is 206 Å². The van der Waals surface area contributed by atoms with Gasteiger partial charge in [0.25, 0.3) is 0 Å². The summed E-state index contributed by atoms with van der Waals surface area (Å²) < 4.78 is 3.16. The van der Waals surface area contributed by atoms with Gasteiger partial charge in [-0.25, -0.2) is 4.98 Å². The number of benzene rings is 4. The molecule has 0 amide bonds. The Morgan fingerprint density at radius 2 is 1.09 bits per heavy atom. The predicted molar refractivity (Wildman–Crippen MR) is 144 cm³/mol. The molecule has 0 N–H and O–H groups in total. The highest BCUT2D eigenvalue weighted by Crippen LogP contribution is 2.33. The molecule has 0 saturated heterocycles. The Morgan fingerprint density at radius 1 is 0.559 bits per heavy atom. The molecule has 2 aromatic heterocycles. The molecular formula is C29H21BrN4. The zero-order chi connectivity index (χ0) is 23.5. The van der Waals surface area contributed by atoms with Crippen LogP contribution in [0, 0.1) is 0 Å². The van der Waals surface area contributed by atoms with Crippen LogP contribution in [0.4, 0.5) is 0 Å². The molecule has 6 rings (SSSR count). The molecule has 0 atom stereocenters. The van der Waals surface area contributed by atoms with Crippen LogP contribution in [-0.2, 0) is 0 Å². The van der Waals surface area contributed by atoms with Crippen molar-refractivity contribution in [2.45, 2.75) is 0 Å². The molecule has 2 heterocycles. The lowest BCUT2D eigenvalue weighted by atomic mass is 10.2. The highest BCUT2D eigenvalue weighted by molar-refractivity contribution is 9.10. The molecule has 4 nitrogen and oxygen atoms in total. The summed E-state index contributed by atoms with van der Waals surface area (Å²) in [6.45, 7) is 6.00. The van der Waals surface area contributed by atoms with Crippen molar-refractivity contribution < 1.29 is 0 Å². The van der Waals surface area contributed by atoms with E-state index in [0.29, 0.717) is 17.6 Å². The number of hydrogen-bond donors (Lipinski definition) is 0. The first-order chi connectivity index (χ1) is 16.8. The second kappa shape index (κ2) is 9.41. The van der Waals surface area contributed by atoms with E-state index in [-0.39, 0.29) is 0 Å². The number of para-hydroxylation sites is 1. The standard InChI is InChI=1S/C27H17BrN4.C2H4/c28-20-15-16-24-22(17-20)21-13-7-8-14-23(21)32(24)27-30-25(18-9-3-1-4-10-18)29-26(31-27)19-11-5-2-6-12-19;1-2/h1-17H;1-2H2. The van der Waals surface area contributed by atoms with Crippen molar-refractivity contribution in [2.75, 3.05) is 0 Å². The first-order valence-corrected chi connectivity index (χ1v) is 11.6. The average Bonchev–Trinajstić information content (AvgIpc) is 3.24. The molecule has 0 aliphatic carbocycles. The van der Waals surface area contributed by atoms with E-state index in [1.165, 1.54) is 0 Å². The fraction of sp³-hybridized carbons (Fsp3) is 0. The lowest BCUT2D eigenvalue weighted by Crippen LogP contribution is -2.06. The van der Waals surface area contributed by atoms with Gasteiger partial charge in [0.05, 0.1) is 11.0 Å². The summed E-state index contributed by atoms with van der Waals surface area (Å²) in [6.07, 6.45) is 0. The fourth-order valence-electron chi connectivity index (χ4n) is 4.06. The van der Waals surface area contributed by atoms with Gasteiger partial charge in [-0.3, -0.25) is 4.57 Å². The third-order valence-corrected chi connectivity index (χ3v) is 6.02. The van der Waals surface area contributed by atoms with Gasteiger partial charge < -0.3 is 0 Å².